The molecule has 0 atom stereocenters. The van der Waals surface area contributed by atoms with E-state index in [0.29, 0.717) is 11.4 Å². The molecule has 0 unspecified atom stereocenters. The molecule has 1 aliphatic rings. The molecule has 0 radical (unpaired) electrons. The second-order valence-corrected chi connectivity index (χ2v) is 5.82. The van der Waals surface area contributed by atoms with Gasteiger partial charge in [0.15, 0.2) is 0 Å². The molecule has 1 aliphatic heterocycles. The van der Waals surface area contributed by atoms with Crippen LogP contribution in [-0.4, -0.2) is 23.3 Å². The first-order valence-electron chi connectivity index (χ1n) is 7.49. The molecule has 0 fully saturated rings. The topological polar surface area (TPSA) is 84.2 Å². The maximum Gasteiger partial charge on any atom is 0.249 e. The molecule has 0 aliphatic carbocycles. The molecule has 124 valence electrons. The molecule has 4 N–H and O–H groups in total. The number of nitrogens with one attached hydrogen (secondary N) is 2. The predicted molar refractivity (Wildman–Crippen MR) is 98.2 cm³/mol. The van der Waals surface area contributed by atoms with Crippen molar-refractivity contribution >= 4 is 40.3 Å². The third-order valence-electron chi connectivity index (χ3n) is 3.27. The molecule has 2 amide bonds. The highest BCUT2D eigenvalue weighted by atomic mass is 32.1. The highest BCUT2D eigenvalue weighted by Gasteiger charge is 2.14. The van der Waals surface area contributed by atoms with Gasteiger partial charge in [-0.2, -0.15) is 0 Å². The van der Waals surface area contributed by atoms with Crippen LogP contribution in [0.2, 0.25) is 0 Å². The summed E-state index contributed by atoms with van der Waals surface area (Å²) in [4.78, 5) is 21.7. The maximum absolute atomic E-state index is 11.6. The van der Waals surface area contributed by atoms with Crippen LogP contribution in [0, 0.1) is 0 Å². The summed E-state index contributed by atoms with van der Waals surface area (Å²) in [5.41, 5.74) is 9.14. The Morgan fingerprint density at radius 2 is 2.04 bits per heavy atom. The smallest absolute Gasteiger partial charge is 0.249 e. The number of benzene rings is 1. The summed E-state index contributed by atoms with van der Waals surface area (Å²) < 4.78 is 0. The van der Waals surface area contributed by atoms with Crippen molar-refractivity contribution in [2.75, 3.05) is 11.9 Å². The number of fused-ring (bicyclic) bond motifs is 1. The fourth-order valence-corrected chi connectivity index (χ4v) is 2.25. The summed E-state index contributed by atoms with van der Waals surface area (Å²) in [5, 5.41) is 5.97. The first-order valence-corrected chi connectivity index (χ1v) is 7.90. The van der Waals surface area contributed by atoms with Crippen LogP contribution in [0.3, 0.4) is 0 Å². The quantitative estimate of drug-likeness (QED) is 0.586. The normalized spacial score (nSPS) is 12.4. The van der Waals surface area contributed by atoms with Crippen LogP contribution in [0.4, 0.5) is 5.69 Å². The Kier molecular flexibility index (Phi) is 7.41. The Morgan fingerprint density at radius 1 is 1.39 bits per heavy atom. The van der Waals surface area contributed by atoms with Crippen LogP contribution in [0.5, 0.6) is 0 Å². The Hall–Kier alpha value is -2.21. The molecule has 0 aromatic heterocycles. The van der Waals surface area contributed by atoms with E-state index in [9.17, 15) is 9.59 Å². The van der Waals surface area contributed by atoms with Gasteiger partial charge in [-0.25, -0.2) is 0 Å². The lowest BCUT2D eigenvalue weighted by atomic mass is 10.0. The summed E-state index contributed by atoms with van der Waals surface area (Å²) in [6.45, 7) is 6.32. The first kappa shape index (κ1) is 18.8. The molecule has 0 saturated heterocycles. The number of hydrogen-bond donors (Lipinski definition) is 3. The van der Waals surface area contributed by atoms with Gasteiger partial charge in [0.05, 0.1) is 4.99 Å². The van der Waals surface area contributed by atoms with Crippen molar-refractivity contribution in [2.45, 2.75) is 33.6 Å². The molecule has 6 heteroatoms. The van der Waals surface area contributed by atoms with Gasteiger partial charge in [-0.15, -0.1) is 0 Å². The first-order chi connectivity index (χ1) is 10.8. The number of allylic oxidation sites excluding steroid dienone is 1. The molecule has 0 bridgehead atoms. The number of carbonyl (C=O) groups is 2. The summed E-state index contributed by atoms with van der Waals surface area (Å²) in [6.07, 6.45) is 3.08. The molecule has 1 aromatic rings. The largest absolute Gasteiger partial charge is 0.384 e. The van der Waals surface area contributed by atoms with Crippen LogP contribution in [0.25, 0.3) is 5.57 Å². The number of rotatable bonds is 3. The van der Waals surface area contributed by atoms with Crippen molar-refractivity contribution in [1.82, 2.24) is 5.32 Å². The summed E-state index contributed by atoms with van der Waals surface area (Å²) in [7, 11) is 0. The molecule has 0 spiro atoms. The van der Waals surface area contributed by atoms with Gasteiger partial charge in [-0.05, 0) is 31.4 Å². The van der Waals surface area contributed by atoms with E-state index in [1.165, 1.54) is 5.56 Å². The standard InChI is InChI=1S/C14H16N2OS.C3H7NO/c1-9(8-13(17)16-10(2)18)12-5-3-4-11-6-7-15-14(11)12;1-2-3(4)5/h3-5,8,15H,6-7H2,1-2H3,(H,16,17,18);2H2,1H3,(H2,4,5)/b9-8+;. The molecular weight excluding hydrogens is 310 g/mol. The summed E-state index contributed by atoms with van der Waals surface area (Å²) in [5.74, 6) is -0.416. The lowest BCUT2D eigenvalue weighted by Gasteiger charge is -2.09. The van der Waals surface area contributed by atoms with Crippen molar-refractivity contribution in [2.24, 2.45) is 5.73 Å². The number of anilines is 1. The third kappa shape index (κ3) is 6.20. The number of primary amides is 1. The number of para-hydroxylation sites is 1. The molecule has 2 rings (SSSR count). The van der Waals surface area contributed by atoms with Crippen molar-refractivity contribution < 1.29 is 9.59 Å². The highest BCUT2D eigenvalue weighted by molar-refractivity contribution is 7.80. The Bertz CT molecular complexity index is 639. The van der Waals surface area contributed by atoms with Crippen molar-refractivity contribution in [3.8, 4) is 0 Å². The minimum absolute atomic E-state index is 0.171. The number of hydrogen-bond acceptors (Lipinski definition) is 4. The average molecular weight is 333 g/mol. The third-order valence-corrected chi connectivity index (χ3v) is 3.37. The molecule has 5 nitrogen and oxygen atoms in total. The molecule has 1 aromatic carbocycles. The van der Waals surface area contributed by atoms with Crippen LogP contribution >= 0.6 is 12.2 Å². The van der Waals surface area contributed by atoms with Gasteiger partial charge in [0, 0.05) is 30.3 Å². The van der Waals surface area contributed by atoms with Crippen LogP contribution in [0.1, 0.15) is 38.3 Å². The molecule has 0 saturated carbocycles. The van der Waals surface area contributed by atoms with E-state index in [0.717, 1.165) is 29.8 Å². The SMILES string of the molecule is CC(=S)NC(=O)/C=C(\C)c1cccc2c1NCC2.CCC(N)=O. The van der Waals surface area contributed by atoms with Gasteiger partial charge in [-0.1, -0.05) is 37.3 Å². The van der Waals surface area contributed by atoms with Crippen molar-refractivity contribution in [3.63, 3.8) is 0 Å². The van der Waals surface area contributed by atoms with E-state index < -0.39 is 0 Å². The minimum atomic E-state index is -0.245. The lowest BCUT2D eigenvalue weighted by molar-refractivity contribution is -0.117. The summed E-state index contributed by atoms with van der Waals surface area (Å²) >= 11 is 4.85. The zero-order valence-corrected chi connectivity index (χ0v) is 14.5. The minimum Gasteiger partial charge on any atom is -0.384 e. The zero-order valence-electron chi connectivity index (χ0n) is 13.7. The number of thiocarbonyl (C=S) groups is 1. The van der Waals surface area contributed by atoms with Gasteiger partial charge in [0.1, 0.15) is 0 Å². The predicted octanol–water partition coefficient (Wildman–Crippen LogP) is 2.40. The van der Waals surface area contributed by atoms with Gasteiger partial charge < -0.3 is 16.4 Å². The zero-order chi connectivity index (χ0) is 17.4. The average Bonchev–Trinajstić information content (AvgIpc) is 2.94. The Balaban J connectivity index is 0.000000463. The van der Waals surface area contributed by atoms with Gasteiger partial charge >= 0.3 is 0 Å². The number of amides is 2. The van der Waals surface area contributed by atoms with Crippen LogP contribution in [0.15, 0.2) is 24.3 Å². The molecule has 23 heavy (non-hydrogen) atoms. The monoisotopic (exact) mass is 333 g/mol. The van der Waals surface area contributed by atoms with E-state index >= 15 is 0 Å². The van der Waals surface area contributed by atoms with Gasteiger partial charge in [-0.3, -0.25) is 9.59 Å². The van der Waals surface area contributed by atoms with E-state index in [1.54, 1.807) is 19.9 Å². The van der Waals surface area contributed by atoms with Crippen molar-refractivity contribution in [1.29, 1.82) is 0 Å². The van der Waals surface area contributed by atoms with Gasteiger partial charge in [0.25, 0.3) is 0 Å². The van der Waals surface area contributed by atoms with Gasteiger partial charge in [0.2, 0.25) is 11.8 Å². The highest BCUT2D eigenvalue weighted by Crippen LogP contribution is 2.30. The van der Waals surface area contributed by atoms with Crippen molar-refractivity contribution in [3.05, 3.63) is 35.4 Å². The Labute approximate surface area is 142 Å². The summed E-state index contributed by atoms with van der Waals surface area (Å²) in [6, 6.07) is 6.18. The second-order valence-electron chi connectivity index (χ2n) is 5.21. The van der Waals surface area contributed by atoms with E-state index in [4.69, 9.17) is 12.2 Å². The molecule has 1 heterocycles. The fourth-order valence-electron chi connectivity index (χ4n) is 2.15. The Morgan fingerprint density at radius 3 is 2.61 bits per heavy atom. The number of nitrogens with two attached hydrogens (primary N) is 1. The maximum atomic E-state index is 11.6. The van der Waals surface area contributed by atoms with E-state index in [-0.39, 0.29) is 11.8 Å². The van der Waals surface area contributed by atoms with E-state index in [1.807, 2.05) is 19.1 Å². The lowest BCUT2D eigenvalue weighted by Crippen LogP contribution is -2.24. The van der Waals surface area contributed by atoms with E-state index in [2.05, 4.69) is 22.4 Å². The van der Waals surface area contributed by atoms with Crippen LogP contribution < -0.4 is 16.4 Å². The van der Waals surface area contributed by atoms with Crippen LogP contribution in [-0.2, 0) is 16.0 Å². The second kappa shape index (κ2) is 9.05. The fraction of sp³-hybridized carbons (Fsp3) is 0.353. The molecular formula is C17H23N3O2S. The number of carbonyl (C=O) groups excluding carboxylic acids is 2.